The summed E-state index contributed by atoms with van der Waals surface area (Å²) in [6, 6.07) is 5.38. The number of halogens is 3. The number of alkyl halides is 3. The quantitative estimate of drug-likeness (QED) is 0.710. The number of hydrogen-bond acceptors (Lipinski definition) is 5. The smallest absolute Gasteiger partial charge is 0.418 e. The van der Waals surface area contributed by atoms with E-state index in [4.69, 9.17) is 9.47 Å². The molecule has 1 aliphatic carbocycles. The Kier molecular flexibility index (Phi) is 3.46. The first-order chi connectivity index (χ1) is 13.0. The second-order valence-corrected chi connectivity index (χ2v) is 6.59. The van der Waals surface area contributed by atoms with Crippen molar-refractivity contribution in [3.8, 4) is 11.5 Å². The summed E-state index contributed by atoms with van der Waals surface area (Å²) in [6.07, 6.45) is -1.85. The minimum atomic E-state index is -4.45. The van der Waals surface area contributed by atoms with Crippen molar-refractivity contribution in [3.63, 3.8) is 0 Å². The molecule has 0 atom stereocenters. The van der Waals surface area contributed by atoms with Gasteiger partial charge in [0.1, 0.15) is 18.9 Å². The SMILES string of the molecule is FC(F)(F)c1c[nH]c2nc(Nc3cccc4c3OCCO4)nc(C3CC3)c12. The summed E-state index contributed by atoms with van der Waals surface area (Å²) in [7, 11) is 0. The summed E-state index contributed by atoms with van der Waals surface area (Å²) in [4.78, 5) is 11.3. The molecule has 0 saturated heterocycles. The zero-order valence-corrected chi connectivity index (χ0v) is 14.1. The lowest BCUT2D eigenvalue weighted by Crippen LogP contribution is -2.16. The molecule has 1 saturated carbocycles. The Balaban J connectivity index is 1.59. The number of aromatic nitrogens is 3. The fraction of sp³-hybridized carbons (Fsp3) is 0.333. The molecule has 0 spiro atoms. The number of aromatic amines is 1. The van der Waals surface area contributed by atoms with E-state index in [-0.39, 0.29) is 22.9 Å². The highest BCUT2D eigenvalue weighted by Gasteiger charge is 2.38. The highest BCUT2D eigenvalue weighted by atomic mass is 19.4. The van der Waals surface area contributed by atoms with Crippen LogP contribution in [0.2, 0.25) is 0 Å². The zero-order chi connectivity index (χ0) is 18.6. The van der Waals surface area contributed by atoms with Crippen molar-refractivity contribution in [2.75, 3.05) is 18.5 Å². The van der Waals surface area contributed by atoms with E-state index in [1.54, 1.807) is 18.2 Å². The summed E-state index contributed by atoms with van der Waals surface area (Å²) in [5.41, 5.74) is 0.484. The first-order valence-electron chi connectivity index (χ1n) is 8.62. The summed E-state index contributed by atoms with van der Waals surface area (Å²) in [6.45, 7) is 0.887. The summed E-state index contributed by atoms with van der Waals surface area (Å²) < 4.78 is 51.2. The van der Waals surface area contributed by atoms with Crippen molar-refractivity contribution in [1.29, 1.82) is 0 Å². The topological polar surface area (TPSA) is 72.1 Å². The standard InChI is InChI=1S/C18H15F3N4O2/c19-18(20,21)10-8-22-16-13(10)14(9-4-5-9)24-17(25-16)23-11-2-1-3-12-15(11)27-7-6-26-12/h1-3,8-9H,4-7H2,(H2,22,23,24,25). The average molecular weight is 376 g/mol. The van der Waals surface area contributed by atoms with E-state index < -0.39 is 11.7 Å². The van der Waals surface area contributed by atoms with Gasteiger partial charge in [0.15, 0.2) is 11.5 Å². The van der Waals surface area contributed by atoms with Crippen LogP contribution in [0.5, 0.6) is 11.5 Å². The lowest BCUT2D eigenvalue weighted by Gasteiger charge is -2.21. The molecule has 0 bridgehead atoms. The van der Waals surface area contributed by atoms with Crippen molar-refractivity contribution in [2.24, 2.45) is 0 Å². The number of hydrogen-bond donors (Lipinski definition) is 2. The zero-order valence-electron chi connectivity index (χ0n) is 14.1. The number of anilines is 2. The molecule has 6 nitrogen and oxygen atoms in total. The second kappa shape index (κ2) is 5.77. The Hall–Kier alpha value is -2.97. The number of ether oxygens (including phenoxy) is 2. The minimum Gasteiger partial charge on any atom is -0.486 e. The first-order valence-corrected chi connectivity index (χ1v) is 8.62. The van der Waals surface area contributed by atoms with Gasteiger partial charge in [-0.1, -0.05) is 6.07 Å². The summed E-state index contributed by atoms with van der Waals surface area (Å²) in [5.74, 6) is 1.40. The van der Waals surface area contributed by atoms with Crippen LogP contribution < -0.4 is 14.8 Å². The van der Waals surface area contributed by atoms with Gasteiger partial charge in [0.2, 0.25) is 5.95 Å². The molecule has 9 heteroatoms. The van der Waals surface area contributed by atoms with Crippen LogP contribution in [0.1, 0.15) is 30.0 Å². The van der Waals surface area contributed by atoms with Gasteiger partial charge in [-0.15, -0.1) is 0 Å². The number of rotatable bonds is 3. The van der Waals surface area contributed by atoms with E-state index in [1.807, 2.05) is 0 Å². The molecule has 1 aromatic carbocycles. The Labute approximate surface area is 151 Å². The Bertz CT molecular complexity index is 1030. The van der Waals surface area contributed by atoms with Crippen LogP contribution in [0.3, 0.4) is 0 Å². The summed E-state index contributed by atoms with van der Waals surface area (Å²) >= 11 is 0. The predicted molar refractivity (Wildman–Crippen MR) is 91.6 cm³/mol. The number of H-pyrrole nitrogens is 1. The molecule has 0 amide bonds. The van der Waals surface area contributed by atoms with Crippen molar-refractivity contribution >= 4 is 22.7 Å². The molecule has 1 aliphatic heterocycles. The highest BCUT2D eigenvalue weighted by Crippen LogP contribution is 2.46. The fourth-order valence-electron chi connectivity index (χ4n) is 3.29. The molecule has 2 N–H and O–H groups in total. The molecule has 0 unspecified atom stereocenters. The average Bonchev–Trinajstić information content (AvgIpc) is 3.39. The lowest BCUT2D eigenvalue weighted by molar-refractivity contribution is -0.136. The van der Waals surface area contributed by atoms with Crippen LogP contribution in [-0.4, -0.2) is 28.2 Å². The van der Waals surface area contributed by atoms with Gasteiger partial charge in [0.25, 0.3) is 0 Å². The van der Waals surface area contributed by atoms with E-state index >= 15 is 0 Å². The molecule has 3 heterocycles. The monoisotopic (exact) mass is 376 g/mol. The van der Waals surface area contributed by atoms with Crippen molar-refractivity contribution in [3.05, 3.63) is 35.7 Å². The van der Waals surface area contributed by atoms with E-state index in [0.717, 1.165) is 19.0 Å². The van der Waals surface area contributed by atoms with Gasteiger partial charge in [-0.3, -0.25) is 0 Å². The summed E-state index contributed by atoms with van der Waals surface area (Å²) in [5, 5.41) is 3.13. The van der Waals surface area contributed by atoms with Gasteiger partial charge >= 0.3 is 6.18 Å². The van der Waals surface area contributed by atoms with Crippen LogP contribution in [-0.2, 0) is 6.18 Å². The molecular formula is C18H15F3N4O2. The third-order valence-corrected chi connectivity index (χ3v) is 4.64. The van der Waals surface area contributed by atoms with Gasteiger partial charge in [-0.05, 0) is 25.0 Å². The largest absolute Gasteiger partial charge is 0.486 e. The molecule has 5 rings (SSSR count). The molecule has 2 aromatic heterocycles. The van der Waals surface area contributed by atoms with E-state index in [1.165, 1.54) is 0 Å². The van der Waals surface area contributed by atoms with Gasteiger partial charge in [-0.2, -0.15) is 18.2 Å². The molecule has 0 radical (unpaired) electrons. The van der Waals surface area contributed by atoms with Crippen molar-refractivity contribution < 1.29 is 22.6 Å². The van der Waals surface area contributed by atoms with Crippen molar-refractivity contribution in [1.82, 2.24) is 15.0 Å². The highest BCUT2D eigenvalue weighted by molar-refractivity contribution is 5.85. The van der Waals surface area contributed by atoms with Gasteiger partial charge in [0.05, 0.1) is 22.3 Å². The van der Waals surface area contributed by atoms with E-state index in [2.05, 4.69) is 20.3 Å². The predicted octanol–water partition coefficient (Wildman–Crippen LogP) is 4.37. The van der Waals surface area contributed by atoms with Crippen LogP contribution in [0.15, 0.2) is 24.4 Å². The van der Waals surface area contributed by atoms with Crippen LogP contribution in [0, 0.1) is 0 Å². The van der Waals surface area contributed by atoms with Crippen LogP contribution in [0.25, 0.3) is 11.0 Å². The molecule has 2 aliphatic rings. The van der Waals surface area contributed by atoms with Gasteiger partial charge < -0.3 is 19.8 Å². The maximum absolute atomic E-state index is 13.3. The maximum Gasteiger partial charge on any atom is 0.418 e. The van der Waals surface area contributed by atoms with E-state index in [0.29, 0.717) is 36.1 Å². The third-order valence-electron chi connectivity index (χ3n) is 4.64. The molecule has 3 aromatic rings. The normalized spacial score (nSPS) is 16.6. The second-order valence-electron chi connectivity index (χ2n) is 6.59. The van der Waals surface area contributed by atoms with Crippen LogP contribution in [0.4, 0.5) is 24.8 Å². The first kappa shape index (κ1) is 16.2. The van der Waals surface area contributed by atoms with Gasteiger partial charge in [-0.25, -0.2) is 4.98 Å². The molecule has 140 valence electrons. The number of para-hydroxylation sites is 1. The fourth-order valence-corrected chi connectivity index (χ4v) is 3.29. The third kappa shape index (κ3) is 2.83. The Morgan fingerprint density at radius 1 is 1.11 bits per heavy atom. The molecule has 1 fully saturated rings. The molecule has 27 heavy (non-hydrogen) atoms. The van der Waals surface area contributed by atoms with E-state index in [9.17, 15) is 13.2 Å². The number of nitrogens with zero attached hydrogens (tertiary/aromatic N) is 2. The number of benzene rings is 1. The van der Waals surface area contributed by atoms with Gasteiger partial charge in [0, 0.05) is 12.1 Å². The van der Waals surface area contributed by atoms with Crippen molar-refractivity contribution in [2.45, 2.75) is 24.9 Å². The molecular weight excluding hydrogens is 361 g/mol. The number of fused-ring (bicyclic) bond motifs is 2. The van der Waals surface area contributed by atoms with Crippen LogP contribution >= 0.6 is 0 Å². The number of nitrogens with one attached hydrogen (secondary N) is 2. The Morgan fingerprint density at radius 3 is 2.70 bits per heavy atom. The maximum atomic E-state index is 13.3. The lowest BCUT2D eigenvalue weighted by atomic mass is 10.1. The Morgan fingerprint density at radius 2 is 1.93 bits per heavy atom. The minimum absolute atomic E-state index is 0.0252.